The Kier molecular flexibility index (Phi) is 5.40. The first-order valence-electron chi connectivity index (χ1n) is 6.94. The van der Waals surface area contributed by atoms with Crippen LogP contribution in [-0.2, 0) is 4.79 Å². The Balaban J connectivity index is 1.97. The van der Waals surface area contributed by atoms with Gasteiger partial charge in [-0.2, -0.15) is 5.10 Å². The molecular formula is C16H16N4O3. The summed E-state index contributed by atoms with van der Waals surface area (Å²) < 4.78 is 0. The Hall–Kier alpha value is -3.22. The molecule has 1 amide bonds. The average molecular weight is 312 g/mol. The zero-order chi connectivity index (χ0) is 16.7. The quantitative estimate of drug-likeness (QED) is 0.486. The van der Waals surface area contributed by atoms with E-state index >= 15 is 0 Å². The molecule has 0 bridgehead atoms. The van der Waals surface area contributed by atoms with Gasteiger partial charge in [0, 0.05) is 11.8 Å². The van der Waals surface area contributed by atoms with Gasteiger partial charge in [-0.1, -0.05) is 30.3 Å². The summed E-state index contributed by atoms with van der Waals surface area (Å²) in [6.45, 7) is 1.66. The summed E-state index contributed by atoms with van der Waals surface area (Å²) in [5.41, 5.74) is 3.89. The van der Waals surface area contributed by atoms with Gasteiger partial charge < -0.3 is 5.32 Å². The van der Waals surface area contributed by atoms with E-state index < -0.39 is 4.92 Å². The maximum absolute atomic E-state index is 11.8. The fraction of sp³-hybridized carbons (Fsp3) is 0.125. The van der Waals surface area contributed by atoms with E-state index in [2.05, 4.69) is 15.8 Å². The van der Waals surface area contributed by atoms with Gasteiger partial charge in [0.1, 0.15) is 0 Å². The van der Waals surface area contributed by atoms with Gasteiger partial charge in [0.25, 0.3) is 11.6 Å². The maximum atomic E-state index is 11.8. The van der Waals surface area contributed by atoms with Crippen LogP contribution in [0.3, 0.4) is 0 Å². The van der Waals surface area contributed by atoms with Gasteiger partial charge in [0.05, 0.1) is 22.7 Å². The lowest BCUT2D eigenvalue weighted by atomic mass is 10.1. The Morgan fingerprint density at radius 2 is 1.78 bits per heavy atom. The summed E-state index contributed by atoms with van der Waals surface area (Å²) in [4.78, 5) is 22.3. The van der Waals surface area contributed by atoms with Gasteiger partial charge in [0.2, 0.25) is 0 Å². The highest BCUT2D eigenvalue weighted by Crippen LogP contribution is 2.18. The van der Waals surface area contributed by atoms with Gasteiger partial charge in [-0.15, -0.1) is 0 Å². The highest BCUT2D eigenvalue weighted by molar-refractivity contribution is 6.02. The lowest BCUT2D eigenvalue weighted by Crippen LogP contribution is -2.26. The number of nitrogens with one attached hydrogen (secondary N) is 2. The number of carbonyl (C=O) groups is 1. The van der Waals surface area contributed by atoms with Crippen molar-refractivity contribution < 1.29 is 9.72 Å². The number of benzene rings is 2. The number of nitro groups is 1. The number of hydrogen-bond acceptors (Lipinski definition) is 5. The van der Waals surface area contributed by atoms with Crippen molar-refractivity contribution in [1.82, 2.24) is 5.43 Å². The largest absolute Gasteiger partial charge is 0.376 e. The molecule has 0 heterocycles. The van der Waals surface area contributed by atoms with Crippen LogP contribution in [0.2, 0.25) is 0 Å². The average Bonchev–Trinajstić information content (AvgIpc) is 2.58. The van der Waals surface area contributed by atoms with Crippen LogP contribution < -0.4 is 10.7 Å². The van der Waals surface area contributed by atoms with Crippen LogP contribution in [0.1, 0.15) is 12.5 Å². The summed E-state index contributed by atoms with van der Waals surface area (Å²) in [6.07, 6.45) is 0. The molecule has 0 radical (unpaired) electrons. The Labute approximate surface area is 133 Å². The molecule has 7 nitrogen and oxygen atoms in total. The first kappa shape index (κ1) is 16.2. The third kappa shape index (κ3) is 4.63. The molecule has 7 heteroatoms. The van der Waals surface area contributed by atoms with Crippen molar-refractivity contribution in [2.45, 2.75) is 6.92 Å². The minimum atomic E-state index is -0.479. The lowest BCUT2D eigenvalue weighted by Gasteiger charge is -2.06. The second kappa shape index (κ2) is 7.69. The fourth-order valence-corrected chi connectivity index (χ4v) is 1.92. The molecule has 23 heavy (non-hydrogen) atoms. The molecule has 2 aromatic rings. The van der Waals surface area contributed by atoms with Crippen LogP contribution in [-0.4, -0.2) is 23.1 Å². The summed E-state index contributed by atoms with van der Waals surface area (Å²) in [6, 6.07) is 15.5. The molecule has 2 N–H and O–H groups in total. The molecule has 0 unspecified atom stereocenters. The van der Waals surface area contributed by atoms with E-state index in [0.29, 0.717) is 11.3 Å². The highest BCUT2D eigenvalue weighted by Gasteiger charge is 2.14. The number of nitro benzene ring substituents is 1. The van der Waals surface area contributed by atoms with E-state index in [1.54, 1.807) is 25.1 Å². The van der Waals surface area contributed by atoms with Crippen molar-refractivity contribution >= 4 is 23.0 Å². The topological polar surface area (TPSA) is 96.6 Å². The zero-order valence-electron chi connectivity index (χ0n) is 12.5. The number of nitrogens with zero attached hydrogens (tertiary/aromatic N) is 2. The van der Waals surface area contributed by atoms with E-state index in [-0.39, 0.29) is 18.1 Å². The summed E-state index contributed by atoms with van der Waals surface area (Å²) >= 11 is 0. The van der Waals surface area contributed by atoms with E-state index in [1.165, 1.54) is 6.07 Å². The smallest absolute Gasteiger partial charge is 0.278 e. The van der Waals surface area contributed by atoms with Gasteiger partial charge in [-0.3, -0.25) is 14.9 Å². The zero-order valence-corrected chi connectivity index (χ0v) is 12.5. The standard InChI is InChI=1S/C16H16N4O3/c1-12(14-9-5-6-10-15(14)20(22)23)18-19-16(21)11-17-13-7-3-2-4-8-13/h2-10,17H,11H2,1H3,(H,19,21)/b18-12-. The van der Waals surface area contributed by atoms with Crippen molar-refractivity contribution in [1.29, 1.82) is 0 Å². The van der Waals surface area contributed by atoms with Gasteiger partial charge in [-0.05, 0) is 25.1 Å². The molecule has 0 saturated heterocycles. The first-order valence-corrected chi connectivity index (χ1v) is 6.94. The number of hydrazone groups is 1. The monoisotopic (exact) mass is 312 g/mol. The van der Waals surface area contributed by atoms with E-state index in [9.17, 15) is 14.9 Å². The predicted octanol–water partition coefficient (Wildman–Crippen LogP) is 2.55. The second-order valence-electron chi connectivity index (χ2n) is 4.73. The normalized spacial score (nSPS) is 10.9. The minimum Gasteiger partial charge on any atom is -0.376 e. The molecule has 2 aromatic carbocycles. The summed E-state index contributed by atoms with van der Waals surface area (Å²) in [5.74, 6) is -0.341. The van der Waals surface area contributed by atoms with Crippen molar-refractivity contribution in [3.63, 3.8) is 0 Å². The van der Waals surface area contributed by atoms with E-state index in [0.717, 1.165) is 5.69 Å². The van der Waals surface area contributed by atoms with Crippen molar-refractivity contribution in [2.24, 2.45) is 5.10 Å². The Bertz CT molecular complexity index is 729. The molecule has 0 aromatic heterocycles. The lowest BCUT2D eigenvalue weighted by molar-refractivity contribution is -0.385. The Morgan fingerprint density at radius 1 is 1.13 bits per heavy atom. The highest BCUT2D eigenvalue weighted by atomic mass is 16.6. The van der Waals surface area contributed by atoms with Crippen LogP contribution >= 0.6 is 0 Å². The third-order valence-electron chi connectivity index (χ3n) is 3.07. The van der Waals surface area contributed by atoms with Crippen molar-refractivity contribution in [3.05, 3.63) is 70.3 Å². The number of hydrogen-bond donors (Lipinski definition) is 2. The molecule has 0 aliphatic carbocycles. The molecular weight excluding hydrogens is 296 g/mol. The molecule has 0 aliphatic heterocycles. The number of carbonyl (C=O) groups excluding carboxylic acids is 1. The molecule has 118 valence electrons. The van der Waals surface area contributed by atoms with Crippen LogP contribution in [0.15, 0.2) is 59.7 Å². The summed E-state index contributed by atoms with van der Waals surface area (Å²) in [5, 5.41) is 17.8. The maximum Gasteiger partial charge on any atom is 0.278 e. The van der Waals surface area contributed by atoms with E-state index in [1.807, 2.05) is 30.3 Å². The van der Waals surface area contributed by atoms with Crippen molar-refractivity contribution in [2.75, 3.05) is 11.9 Å². The predicted molar refractivity (Wildman–Crippen MR) is 88.4 cm³/mol. The first-order chi connectivity index (χ1) is 11.1. The van der Waals surface area contributed by atoms with E-state index in [4.69, 9.17) is 0 Å². The Morgan fingerprint density at radius 3 is 2.48 bits per heavy atom. The summed E-state index contributed by atoms with van der Waals surface area (Å²) in [7, 11) is 0. The van der Waals surface area contributed by atoms with Crippen LogP contribution in [0.5, 0.6) is 0 Å². The van der Waals surface area contributed by atoms with Crippen LogP contribution in [0.25, 0.3) is 0 Å². The third-order valence-corrected chi connectivity index (χ3v) is 3.07. The van der Waals surface area contributed by atoms with Crippen LogP contribution in [0, 0.1) is 10.1 Å². The minimum absolute atomic E-state index is 0.0505. The molecule has 0 spiro atoms. The molecule has 0 fully saturated rings. The van der Waals surface area contributed by atoms with Gasteiger partial charge in [0.15, 0.2) is 0 Å². The molecule has 0 saturated carbocycles. The number of anilines is 1. The van der Waals surface area contributed by atoms with Crippen LogP contribution in [0.4, 0.5) is 11.4 Å². The number of rotatable bonds is 6. The molecule has 2 rings (SSSR count). The molecule has 0 aliphatic rings. The number of amides is 1. The van der Waals surface area contributed by atoms with Gasteiger partial charge in [-0.25, -0.2) is 5.43 Å². The van der Waals surface area contributed by atoms with Crippen molar-refractivity contribution in [3.8, 4) is 0 Å². The number of para-hydroxylation sites is 2. The fourth-order valence-electron chi connectivity index (χ4n) is 1.92. The molecule has 0 atom stereocenters. The second-order valence-corrected chi connectivity index (χ2v) is 4.73. The van der Waals surface area contributed by atoms with Gasteiger partial charge >= 0.3 is 0 Å². The SMILES string of the molecule is C/C(=N/NC(=O)CNc1ccccc1)c1ccccc1[N+](=O)[O-].